The quantitative estimate of drug-likeness (QED) is 0.388. The van der Waals surface area contributed by atoms with Gasteiger partial charge in [-0.05, 0) is 53.6 Å². The molecule has 0 aromatic heterocycles. The topological polar surface area (TPSA) is 89.9 Å². The lowest BCUT2D eigenvalue weighted by Crippen LogP contribution is -2.44. The Kier molecular flexibility index (Phi) is 8.75. The Hall–Kier alpha value is -3.48. The van der Waals surface area contributed by atoms with Crippen molar-refractivity contribution < 1.29 is 19.8 Å². The zero-order valence-corrected chi connectivity index (χ0v) is 18.8. The maximum absolute atomic E-state index is 12.0. The van der Waals surface area contributed by atoms with Crippen LogP contribution in [-0.2, 0) is 17.6 Å². The summed E-state index contributed by atoms with van der Waals surface area (Å²) in [6.07, 6.45) is 1.05. The molecule has 0 fully saturated rings. The van der Waals surface area contributed by atoms with Gasteiger partial charge in [0.05, 0.1) is 11.7 Å². The third-order valence-corrected chi connectivity index (χ3v) is 5.49. The van der Waals surface area contributed by atoms with E-state index in [4.69, 9.17) is 5.11 Å². The van der Waals surface area contributed by atoms with Crippen LogP contribution in [0.25, 0.3) is 11.1 Å². The van der Waals surface area contributed by atoms with Gasteiger partial charge in [-0.1, -0.05) is 66.7 Å². The van der Waals surface area contributed by atoms with Crippen LogP contribution >= 0.6 is 0 Å². The minimum absolute atomic E-state index is 0.116. The largest absolute Gasteiger partial charge is 0.478 e. The molecule has 0 saturated heterocycles. The lowest BCUT2D eigenvalue weighted by Gasteiger charge is -2.23. The first-order valence-electron chi connectivity index (χ1n) is 11.1. The van der Waals surface area contributed by atoms with E-state index in [2.05, 4.69) is 29.7 Å². The fraction of sp³-hybridized carbons (Fsp3) is 0.259. The van der Waals surface area contributed by atoms with Crippen molar-refractivity contribution in [2.75, 3.05) is 13.1 Å². The molecule has 6 heteroatoms. The van der Waals surface area contributed by atoms with Crippen LogP contribution in [0.3, 0.4) is 0 Å². The van der Waals surface area contributed by atoms with Gasteiger partial charge in [0.2, 0.25) is 5.91 Å². The summed E-state index contributed by atoms with van der Waals surface area (Å²) in [5.74, 6) is -1.07. The van der Waals surface area contributed by atoms with Crippen LogP contribution in [0.2, 0.25) is 0 Å². The molecule has 172 valence electrons. The molecule has 0 aliphatic heterocycles. The molecule has 3 rings (SSSR count). The number of carboxylic acids is 1. The average Bonchev–Trinajstić information content (AvgIpc) is 2.82. The number of hydrogen-bond donors (Lipinski definition) is 3. The summed E-state index contributed by atoms with van der Waals surface area (Å²) in [6, 6.07) is 25.0. The smallest absolute Gasteiger partial charge is 0.335 e. The van der Waals surface area contributed by atoms with Gasteiger partial charge >= 0.3 is 5.97 Å². The molecule has 0 heterocycles. The van der Waals surface area contributed by atoms with Gasteiger partial charge in [0.25, 0.3) is 0 Å². The van der Waals surface area contributed by atoms with E-state index >= 15 is 0 Å². The molecule has 0 aliphatic carbocycles. The lowest BCUT2D eigenvalue weighted by molar-refractivity contribution is -0.132. The van der Waals surface area contributed by atoms with Gasteiger partial charge in [-0.3, -0.25) is 9.80 Å². The Labute approximate surface area is 194 Å². The van der Waals surface area contributed by atoms with Gasteiger partial charge < -0.3 is 10.2 Å². The maximum atomic E-state index is 12.0. The van der Waals surface area contributed by atoms with Crippen LogP contribution in [-0.4, -0.2) is 46.3 Å². The summed E-state index contributed by atoms with van der Waals surface area (Å²) in [5, 5.41) is 21.0. The van der Waals surface area contributed by atoms with E-state index in [1.807, 2.05) is 30.3 Å². The Morgan fingerprint density at radius 3 is 2.27 bits per heavy atom. The van der Waals surface area contributed by atoms with E-state index in [0.29, 0.717) is 32.4 Å². The molecular formula is C27H30N2O4. The van der Waals surface area contributed by atoms with Crippen molar-refractivity contribution in [3.8, 4) is 11.1 Å². The second-order valence-corrected chi connectivity index (χ2v) is 8.04. The van der Waals surface area contributed by atoms with Crippen molar-refractivity contribution >= 4 is 11.9 Å². The SMILES string of the molecule is CC(=O)N(CCC(O)Cc1cccc(-c2ccccc2)c1)NCCc1ccc(C(=O)O)cc1. The number of hydrogen-bond acceptors (Lipinski definition) is 4. The molecule has 33 heavy (non-hydrogen) atoms. The van der Waals surface area contributed by atoms with Crippen molar-refractivity contribution in [3.63, 3.8) is 0 Å². The molecule has 0 bridgehead atoms. The lowest BCUT2D eigenvalue weighted by atomic mass is 9.99. The number of carboxylic acid groups (broad SMARTS) is 1. The summed E-state index contributed by atoms with van der Waals surface area (Å²) in [4.78, 5) is 22.9. The van der Waals surface area contributed by atoms with E-state index in [1.165, 1.54) is 11.9 Å². The third kappa shape index (κ3) is 7.56. The van der Waals surface area contributed by atoms with Crippen LogP contribution in [0.5, 0.6) is 0 Å². The highest BCUT2D eigenvalue weighted by molar-refractivity contribution is 5.87. The van der Waals surface area contributed by atoms with Crippen LogP contribution < -0.4 is 5.43 Å². The number of aliphatic hydroxyl groups is 1. The summed E-state index contributed by atoms with van der Waals surface area (Å²) in [7, 11) is 0. The van der Waals surface area contributed by atoms with Crippen molar-refractivity contribution in [1.29, 1.82) is 0 Å². The van der Waals surface area contributed by atoms with Crippen molar-refractivity contribution in [1.82, 2.24) is 10.4 Å². The number of aromatic carboxylic acids is 1. The predicted molar refractivity (Wildman–Crippen MR) is 129 cm³/mol. The molecule has 1 unspecified atom stereocenters. The molecule has 0 radical (unpaired) electrons. The van der Waals surface area contributed by atoms with E-state index in [0.717, 1.165) is 22.3 Å². The number of carbonyl (C=O) groups excluding carboxylic acids is 1. The molecule has 3 aromatic rings. The zero-order chi connectivity index (χ0) is 23.6. The van der Waals surface area contributed by atoms with Gasteiger partial charge in [0.15, 0.2) is 0 Å². The third-order valence-electron chi connectivity index (χ3n) is 5.49. The van der Waals surface area contributed by atoms with Gasteiger partial charge in [-0.2, -0.15) is 0 Å². The summed E-state index contributed by atoms with van der Waals surface area (Å²) < 4.78 is 0. The number of aliphatic hydroxyl groups excluding tert-OH is 1. The highest BCUT2D eigenvalue weighted by Crippen LogP contribution is 2.21. The molecule has 1 atom stereocenters. The fourth-order valence-electron chi connectivity index (χ4n) is 3.66. The van der Waals surface area contributed by atoms with E-state index in [9.17, 15) is 14.7 Å². The molecule has 0 saturated carbocycles. The molecule has 1 amide bonds. The van der Waals surface area contributed by atoms with Crippen LogP contribution in [0, 0.1) is 0 Å². The Balaban J connectivity index is 1.47. The monoisotopic (exact) mass is 446 g/mol. The molecule has 6 nitrogen and oxygen atoms in total. The molecule has 3 N–H and O–H groups in total. The minimum atomic E-state index is -0.951. The Morgan fingerprint density at radius 1 is 0.909 bits per heavy atom. The van der Waals surface area contributed by atoms with E-state index in [1.54, 1.807) is 24.3 Å². The Morgan fingerprint density at radius 2 is 1.61 bits per heavy atom. The fourth-order valence-corrected chi connectivity index (χ4v) is 3.66. The molecular weight excluding hydrogens is 416 g/mol. The van der Waals surface area contributed by atoms with Crippen molar-refractivity contribution in [2.45, 2.75) is 32.3 Å². The zero-order valence-electron chi connectivity index (χ0n) is 18.8. The number of hydrazine groups is 1. The maximum Gasteiger partial charge on any atom is 0.335 e. The minimum Gasteiger partial charge on any atom is -0.478 e. The van der Waals surface area contributed by atoms with E-state index in [-0.39, 0.29) is 11.5 Å². The van der Waals surface area contributed by atoms with E-state index < -0.39 is 12.1 Å². The second kappa shape index (κ2) is 11.9. The molecule has 0 aliphatic rings. The number of nitrogens with zero attached hydrogens (tertiary/aromatic N) is 1. The second-order valence-electron chi connectivity index (χ2n) is 8.04. The predicted octanol–water partition coefficient (Wildman–Crippen LogP) is 3.94. The van der Waals surface area contributed by atoms with Gasteiger partial charge in [0, 0.05) is 20.0 Å². The number of nitrogens with one attached hydrogen (secondary N) is 1. The van der Waals surface area contributed by atoms with Crippen LogP contribution in [0.4, 0.5) is 0 Å². The van der Waals surface area contributed by atoms with Gasteiger partial charge in [0.1, 0.15) is 0 Å². The summed E-state index contributed by atoms with van der Waals surface area (Å²) in [5.41, 5.74) is 7.65. The normalized spacial score (nSPS) is 11.7. The standard InChI is InChI=1S/C27H30N2O4/c1-20(30)29(28-16-14-21-10-12-24(13-11-21)27(32)33)17-15-26(31)19-22-6-5-9-25(18-22)23-7-3-2-4-8-23/h2-13,18,26,28,31H,14-17,19H2,1H3,(H,32,33). The van der Waals surface area contributed by atoms with Crippen LogP contribution in [0.15, 0.2) is 78.9 Å². The Bertz CT molecular complexity index is 1050. The first-order chi connectivity index (χ1) is 15.9. The number of carbonyl (C=O) groups is 2. The summed E-state index contributed by atoms with van der Waals surface area (Å²) in [6.45, 7) is 2.42. The highest BCUT2D eigenvalue weighted by Gasteiger charge is 2.13. The van der Waals surface area contributed by atoms with Gasteiger partial charge in [-0.25, -0.2) is 10.2 Å². The summed E-state index contributed by atoms with van der Waals surface area (Å²) >= 11 is 0. The number of benzene rings is 3. The molecule has 0 spiro atoms. The first-order valence-corrected chi connectivity index (χ1v) is 11.1. The molecule has 3 aromatic carbocycles. The highest BCUT2D eigenvalue weighted by atomic mass is 16.4. The van der Waals surface area contributed by atoms with Crippen LogP contribution in [0.1, 0.15) is 34.8 Å². The number of amides is 1. The average molecular weight is 447 g/mol. The van der Waals surface area contributed by atoms with Crippen molar-refractivity contribution in [3.05, 3.63) is 95.6 Å². The van der Waals surface area contributed by atoms with Crippen molar-refractivity contribution in [2.24, 2.45) is 0 Å². The first kappa shape index (κ1) is 24.2. The number of rotatable bonds is 11. The van der Waals surface area contributed by atoms with Gasteiger partial charge in [-0.15, -0.1) is 0 Å².